The molecule has 0 radical (unpaired) electrons. The highest BCUT2D eigenvalue weighted by Crippen LogP contribution is 2.19. The lowest BCUT2D eigenvalue weighted by molar-refractivity contribution is 0.415. The molecule has 0 aliphatic carbocycles. The summed E-state index contributed by atoms with van der Waals surface area (Å²) in [5, 5.41) is 0.175. The third-order valence-electron chi connectivity index (χ3n) is 2.52. The first-order chi connectivity index (χ1) is 9.79. The molecule has 0 N–H and O–H groups in total. The number of ether oxygens (including phenoxy) is 1. The number of aromatic nitrogens is 1. The van der Waals surface area contributed by atoms with Crippen molar-refractivity contribution in [2.24, 2.45) is 0 Å². The van der Waals surface area contributed by atoms with Crippen molar-refractivity contribution in [3.63, 3.8) is 0 Å². The van der Waals surface area contributed by atoms with E-state index in [1.54, 1.807) is 7.11 Å². The van der Waals surface area contributed by atoms with E-state index in [4.69, 9.17) is 20.8 Å². The van der Waals surface area contributed by atoms with Gasteiger partial charge in [0.15, 0.2) is 0 Å². The van der Waals surface area contributed by atoms with Crippen molar-refractivity contribution in [2.75, 3.05) is 7.11 Å². The smallest absolute Gasteiger partial charge is 0.292 e. The number of oxazole rings is 1. The molecule has 3 aromatic rings. The lowest BCUT2D eigenvalue weighted by Gasteiger charge is -1.93. The number of halogens is 1. The average Bonchev–Trinajstić information content (AvgIpc) is 2.96. The first kappa shape index (κ1) is 14.2. The minimum Gasteiger partial charge on any atom is -0.497 e. The molecule has 0 saturated carbocycles. The summed E-state index contributed by atoms with van der Waals surface area (Å²) in [5.41, 5.74) is 1.77. The summed E-state index contributed by atoms with van der Waals surface area (Å²) in [6.07, 6.45) is 1.54. The molecule has 3 rings (SSSR count). The van der Waals surface area contributed by atoms with Crippen LogP contribution in [0.4, 0.5) is 0 Å². The number of para-hydroxylation sites is 1. The maximum atomic E-state index is 5.53. The van der Waals surface area contributed by atoms with Gasteiger partial charge in [-0.25, -0.2) is 0 Å². The molecule has 0 aliphatic heterocycles. The maximum absolute atomic E-state index is 5.53. The van der Waals surface area contributed by atoms with Crippen LogP contribution in [-0.2, 0) is 0 Å². The van der Waals surface area contributed by atoms with Gasteiger partial charge in [-0.1, -0.05) is 48.5 Å². The van der Waals surface area contributed by atoms with Gasteiger partial charge in [0.05, 0.1) is 7.11 Å². The van der Waals surface area contributed by atoms with Gasteiger partial charge in [0, 0.05) is 5.56 Å². The molecular weight excluding hydrogens is 274 g/mol. The number of hydrogen-bond acceptors (Lipinski definition) is 3. The number of nitrogens with zero attached hydrogens (tertiary/aromatic N) is 1. The molecule has 0 bridgehead atoms. The Hall–Kier alpha value is -2.26. The molecular formula is C16H14ClNO2. The average molecular weight is 288 g/mol. The normalized spacial score (nSPS) is 9.50. The van der Waals surface area contributed by atoms with E-state index in [-0.39, 0.29) is 5.35 Å². The highest BCUT2D eigenvalue weighted by molar-refractivity contribution is 6.27. The number of rotatable bonds is 2. The molecule has 0 amide bonds. The Morgan fingerprint density at radius 1 is 0.950 bits per heavy atom. The number of hydrogen-bond donors (Lipinski definition) is 0. The Morgan fingerprint density at radius 2 is 1.55 bits per heavy atom. The van der Waals surface area contributed by atoms with E-state index in [0.29, 0.717) is 0 Å². The van der Waals surface area contributed by atoms with Crippen LogP contribution in [0.1, 0.15) is 0 Å². The molecule has 1 aromatic heterocycles. The van der Waals surface area contributed by atoms with Crippen LogP contribution in [0, 0.1) is 0 Å². The molecule has 102 valence electrons. The van der Waals surface area contributed by atoms with E-state index in [1.165, 1.54) is 6.26 Å². The third-order valence-corrected chi connectivity index (χ3v) is 2.70. The fraction of sp³-hybridized carbons (Fsp3) is 0.0625. The second kappa shape index (κ2) is 7.36. The van der Waals surface area contributed by atoms with Crippen LogP contribution in [-0.4, -0.2) is 12.1 Å². The van der Waals surface area contributed by atoms with Crippen LogP contribution in [0.15, 0.2) is 71.3 Å². The molecule has 0 spiro atoms. The molecule has 20 heavy (non-hydrogen) atoms. The van der Waals surface area contributed by atoms with Gasteiger partial charge in [0.25, 0.3) is 5.35 Å². The summed E-state index contributed by atoms with van der Waals surface area (Å²) >= 11 is 5.53. The quantitative estimate of drug-likeness (QED) is 0.686. The highest BCUT2D eigenvalue weighted by atomic mass is 35.5. The van der Waals surface area contributed by atoms with Crippen molar-refractivity contribution in [2.45, 2.75) is 0 Å². The molecule has 0 atom stereocenters. The third kappa shape index (κ3) is 4.14. The number of benzene rings is 2. The molecule has 0 aliphatic rings. The van der Waals surface area contributed by atoms with Crippen LogP contribution in [0.2, 0.25) is 5.35 Å². The first-order valence-corrected chi connectivity index (χ1v) is 6.43. The Morgan fingerprint density at radius 3 is 2.00 bits per heavy atom. The van der Waals surface area contributed by atoms with Gasteiger partial charge in [0.2, 0.25) is 0 Å². The van der Waals surface area contributed by atoms with Gasteiger partial charge in [-0.05, 0) is 23.7 Å². The van der Waals surface area contributed by atoms with E-state index in [9.17, 15) is 0 Å². The zero-order valence-corrected chi connectivity index (χ0v) is 11.7. The van der Waals surface area contributed by atoms with Gasteiger partial charge in [-0.2, -0.15) is 4.98 Å². The van der Waals surface area contributed by atoms with Crippen molar-refractivity contribution in [1.29, 1.82) is 0 Å². The standard InChI is InChI=1S/C9H6ClNO.C7H8O/c10-9-11-8(6-12-9)7-4-2-1-3-5-7;1-8-7-5-3-2-4-6-7/h1-6H;2-6H,1H3. The molecule has 2 aromatic carbocycles. The first-order valence-electron chi connectivity index (χ1n) is 6.05. The fourth-order valence-electron chi connectivity index (χ4n) is 1.55. The Labute approximate surface area is 122 Å². The molecule has 3 nitrogen and oxygen atoms in total. The summed E-state index contributed by atoms with van der Waals surface area (Å²) in [5.74, 6) is 0.910. The van der Waals surface area contributed by atoms with Crippen molar-refractivity contribution < 1.29 is 9.15 Å². The second-order valence-corrected chi connectivity index (χ2v) is 4.19. The Bertz CT molecular complexity index is 623. The van der Waals surface area contributed by atoms with E-state index in [1.807, 2.05) is 60.7 Å². The molecule has 1 heterocycles. The van der Waals surface area contributed by atoms with Crippen molar-refractivity contribution in [3.05, 3.63) is 72.3 Å². The van der Waals surface area contributed by atoms with E-state index >= 15 is 0 Å². The summed E-state index contributed by atoms with van der Waals surface area (Å²) in [7, 11) is 1.66. The molecule has 0 saturated heterocycles. The minimum absolute atomic E-state index is 0.175. The topological polar surface area (TPSA) is 35.3 Å². The summed E-state index contributed by atoms with van der Waals surface area (Å²) in [6.45, 7) is 0. The van der Waals surface area contributed by atoms with Gasteiger partial charge >= 0.3 is 0 Å². The van der Waals surface area contributed by atoms with Crippen LogP contribution < -0.4 is 4.74 Å². The van der Waals surface area contributed by atoms with E-state index in [0.717, 1.165) is 17.0 Å². The molecule has 4 heteroatoms. The van der Waals surface area contributed by atoms with Crippen LogP contribution in [0.3, 0.4) is 0 Å². The zero-order valence-electron chi connectivity index (χ0n) is 11.0. The van der Waals surface area contributed by atoms with Gasteiger partial charge < -0.3 is 9.15 Å². The summed E-state index contributed by atoms with van der Waals surface area (Å²) in [6, 6.07) is 19.4. The SMILES string of the molecule is COc1ccccc1.Clc1nc(-c2ccccc2)co1. The Balaban J connectivity index is 0.000000160. The second-order valence-electron chi connectivity index (χ2n) is 3.87. The van der Waals surface area contributed by atoms with Gasteiger partial charge in [-0.3, -0.25) is 0 Å². The van der Waals surface area contributed by atoms with Crippen LogP contribution in [0.5, 0.6) is 5.75 Å². The maximum Gasteiger partial charge on any atom is 0.292 e. The van der Waals surface area contributed by atoms with E-state index < -0.39 is 0 Å². The predicted octanol–water partition coefficient (Wildman–Crippen LogP) is 4.69. The van der Waals surface area contributed by atoms with E-state index in [2.05, 4.69) is 4.98 Å². The largest absolute Gasteiger partial charge is 0.497 e. The van der Waals surface area contributed by atoms with Crippen LogP contribution >= 0.6 is 11.6 Å². The summed E-state index contributed by atoms with van der Waals surface area (Å²) in [4.78, 5) is 3.98. The van der Waals surface area contributed by atoms with Gasteiger partial charge in [0.1, 0.15) is 17.7 Å². The van der Waals surface area contributed by atoms with Crippen LogP contribution in [0.25, 0.3) is 11.3 Å². The zero-order chi connectivity index (χ0) is 14.2. The summed E-state index contributed by atoms with van der Waals surface area (Å²) < 4.78 is 9.79. The lowest BCUT2D eigenvalue weighted by Crippen LogP contribution is -1.78. The monoisotopic (exact) mass is 287 g/mol. The van der Waals surface area contributed by atoms with Crippen molar-refractivity contribution >= 4 is 11.6 Å². The predicted molar refractivity (Wildman–Crippen MR) is 79.9 cm³/mol. The molecule has 0 fully saturated rings. The van der Waals surface area contributed by atoms with Gasteiger partial charge in [-0.15, -0.1) is 0 Å². The molecule has 0 unspecified atom stereocenters. The lowest BCUT2D eigenvalue weighted by atomic mass is 10.2. The minimum atomic E-state index is 0.175. The number of methoxy groups -OCH3 is 1. The van der Waals surface area contributed by atoms with Crippen molar-refractivity contribution in [1.82, 2.24) is 4.98 Å². The highest BCUT2D eigenvalue weighted by Gasteiger charge is 2.01. The Kier molecular flexibility index (Phi) is 5.21. The fourth-order valence-corrected chi connectivity index (χ4v) is 1.69. The van der Waals surface area contributed by atoms with Crippen molar-refractivity contribution in [3.8, 4) is 17.0 Å².